The van der Waals surface area contributed by atoms with Crippen LogP contribution in [0, 0.1) is 11.8 Å². The number of unbranched alkanes of at least 4 members (excludes halogenated alkanes) is 12. The molecule has 0 spiro atoms. The lowest BCUT2D eigenvalue weighted by Crippen LogP contribution is -2.47. The summed E-state index contributed by atoms with van der Waals surface area (Å²) in [7, 11) is -1.06. The van der Waals surface area contributed by atoms with Crippen LogP contribution in [0.15, 0.2) is 0 Å². The Balaban J connectivity index is 0. The van der Waals surface area contributed by atoms with Crippen molar-refractivity contribution in [3.63, 3.8) is 0 Å². The van der Waals surface area contributed by atoms with Gasteiger partial charge in [-0.25, -0.2) is 0 Å². The molecule has 38 heavy (non-hydrogen) atoms. The van der Waals surface area contributed by atoms with Crippen LogP contribution in [0.5, 0.6) is 0 Å². The molecule has 0 aromatic heterocycles. The Labute approximate surface area is 244 Å². The van der Waals surface area contributed by atoms with Crippen molar-refractivity contribution in [2.45, 2.75) is 155 Å². The Bertz CT molecular complexity index is 500. The van der Waals surface area contributed by atoms with Crippen LogP contribution < -0.4 is 5.73 Å². The molecule has 0 amide bonds. The summed E-state index contributed by atoms with van der Waals surface area (Å²) in [6.45, 7) is 12.9. The molecule has 0 bridgehead atoms. The van der Waals surface area contributed by atoms with E-state index in [2.05, 4.69) is 34.6 Å². The van der Waals surface area contributed by atoms with E-state index >= 15 is 0 Å². The summed E-state index contributed by atoms with van der Waals surface area (Å²) in [5.41, 5.74) is 6.85. The van der Waals surface area contributed by atoms with E-state index in [1.165, 1.54) is 83.5 Å². The first-order valence-corrected chi connectivity index (χ1v) is 16.9. The van der Waals surface area contributed by atoms with Gasteiger partial charge in [-0.05, 0) is 37.6 Å². The second kappa shape index (κ2) is 25.0. The minimum absolute atomic E-state index is 0. The molecule has 0 fully saturated rings. The lowest BCUT2D eigenvalue weighted by atomic mass is 9.78. The minimum atomic E-state index is -1.23. The molecule has 0 aromatic carbocycles. The van der Waals surface area contributed by atoms with Gasteiger partial charge in [0.05, 0.1) is 26.4 Å². The summed E-state index contributed by atoms with van der Waals surface area (Å²) in [6, 6.07) is 0. The van der Waals surface area contributed by atoms with E-state index < -0.39 is 15.7 Å². The molecule has 2 unspecified atom stereocenters. The number of hydrogen-bond acceptors (Lipinski definition) is 6. The number of halogens is 1. The molecular formula is C30H66ClNO5Si. The van der Waals surface area contributed by atoms with Crippen molar-refractivity contribution in [1.29, 1.82) is 0 Å². The third-order valence-electron chi connectivity index (χ3n) is 7.40. The summed E-state index contributed by atoms with van der Waals surface area (Å²) in [4.78, 5) is 0. The van der Waals surface area contributed by atoms with Crippen LogP contribution in [0.1, 0.15) is 138 Å². The molecule has 6 nitrogen and oxygen atoms in total. The fourth-order valence-corrected chi connectivity index (χ4v) is 7.45. The molecular weight excluding hydrogens is 518 g/mol. The molecule has 2 atom stereocenters. The van der Waals surface area contributed by atoms with Crippen LogP contribution in [-0.2, 0) is 13.9 Å². The minimum Gasteiger partial charge on any atom is -0.394 e. The van der Waals surface area contributed by atoms with E-state index in [4.69, 9.17) is 19.6 Å². The highest BCUT2D eigenvalue weighted by Gasteiger charge is 2.36. The second-order valence-corrected chi connectivity index (χ2v) is 13.8. The first-order chi connectivity index (χ1) is 17.6. The summed E-state index contributed by atoms with van der Waals surface area (Å²) >= 11 is 0. The van der Waals surface area contributed by atoms with Crippen LogP contribution in [0.4, 0.5) is 0 Å². The molecule has 0 radical (unpaired) electrons. The van der Waals surface area contributed by atoms with E-state index in [0.717, 1.165) is 12.8 Å². The van der Waals surface area contributed by atoms with Crippen molar-refractivity contribution < 1.29 is 24.1 Å². The zero-order chi connectivity index (χ0) is 28.0. The van der Waals surface area contributed by atoms with Gasteiger partial charge in [-0.15, -0.1) is 12.4 Å². The van der Waals surface area contributed by atoms with Crippen molar-refractivity contribution in [3.8, 4) is 0 Å². The third kappa shape index (κ3) is 22.0. The Morgan fingerprint density at radius 3 is 1.53 bits per heavy atom. The maximum atomic E-state index is 9.22. The van der Waals surface area contributed by atoms with Gasteiger partial charge in [0.1, 0.15) is 0 Å². The monoisotopic (exact) mass is 583 g/mol. The van der Waals surface area contributed by atoms with Crippen molar-refractivity contribution in [3.05, 3.63) is 0 Å². The summed E-state index contributed by atoms with van der Waals surface area (Å²) in [5, 5.41) is 18.4. The average Bonchev–Trinajstić information content (AvgIpc) is 2.84. The van der Waals surface area contributed by atoms with Crippen molar-refractivity contribution in [1.82, 2.24) is 0 Å². The summed E-state index contributed by atoms with van der Waals surface area (Å²) in [6.07, 6.45) is 19.8. The van der Waals surface area contributed by atoms with Gasteiger partial charge in [0.2, 0.25) is 0 Å². The number of nitrogens with two attached hydrogens (primary N) is 1. The predicted molar refractivity (Wildman–Crippen MR) is 167 cm³/mol. The van der Waals surface area contributed by atoms with Crippen LogP contribution in [-0.4, -0.2) is 57.9 Å². The van der Waals surface area contributed by atoms with Gasteiger partial charge >= 0.3 is 0 Å². The number of rotatable bonds is 27. The topological polar surface area (TPSA) is 94.2 Å². The smallest absolute Gasteiger partial charge is 0.270 e. The molecule has 8 heteroatoms. The molecule has 0 aromatic rings. The zero-order valence-corrected chi connectivity index (χ0v) is 28.2. The quantitative estimate of drug-likeness (QED) is 0.0555. The zero-order valence-electron chi connectivity index (χ0n) is 26.0. The Morgan fingerprint density at radius 2 is 1.16 bits per heavy atom. The van der Waals surface area contributed by atoms with Crippen molar-refractivity contribution in [2.24, 2.45) is 17.6 Å². The van der Waals surface area contributed by atoms with Gasteiger partial charge in [-0.2, -0.15) is 0 Å². The van der Waals surface area contributed by atoms with Crippen molar-refractivity contribution in [2.75, 3.05) is 26.4 Å². The fourth-order valence-electron chi connectivity index (χ4n) is 5.28. The maximum absolute atomic E-state index is 9.22. The van der Waals surface area contributed by atoms with Crippen LogP contribution >= 0.6 is 12.4 Å². The number of ether oxygens (including phenoxy) is 2. The molecule has 0 aliphatic heterocycles. The van der Waals surface area contributed by atoms with Gasteiger partial charge in [-0.1, -0.05) is 111 Å². The average molecular weight is 584 g/mol. The van der Waals surface area contributed by atoms with Gasteiger partial charge in [0, 0.05) is 12.5 Å². The summed E-state index contributed by atoms with van der Waals surface area (Å²) in [5.74, 6) is -0.289. The standard InChI is InChI=1S/C30H65NO5Si.ClH/c1-7-8-9-10-11-12-13-14-15-16-17-18-19-20-28(27(25-26(2)3)29(4,5)31)37-36-30(6,34-23-21-32)35-24-22-33;/h26-28,32-33H,7-25,31,37H2,1-6H3;1H. The van der Waals surface area contributed by atoms with E-state index in [1.807, 2.05) is 0 Å². The number of hydrogen-bond donors (Lipinski definition) is 3. The maximum Gasteiger partial charge on any atom is 0.270 e. The highest BCUT2D eigenvalue weighted by molar-refractivity contribution is 6.29. The first-order valence-electron chi connectivity index (χ1n) is 15.5. The normalized spacial score (nSPS) is 14.4. The Kier molecular flexibility index (Phi) is 26.6. The van der Waals surface area contributed by atoms with Gasteiger partial charge < -0.3 is 29.8 Å². The molecule has 232 valence electrons. The largest absolute Gasteiger partial charge is 0.394 e. The van der Waals surface area contributed by atoms with Gasteiger partial charge in [0.25, 0.3) is 5.97 Å². The van der Waals surface area contributed by atoms with E-state index in [1.54, 1.807) is 6.92 Å². The van der Waals surface area contributed by atoms with E-state index in [9.17, 15) is 10.2 Å². The van der Waals surface area contributed by atoms with Crippen LogP contribution in [0.2, 0.25) is 5.54 Å². The number of aliphatic hydroxyl groups excluding tert-OH is 2. The summed E-state index contributed by atoms with van der Waals surface area (Å²) < 4.78 is 17.7. The molecule has 0 saturated heterocycles. The Hall–Kier alpha value is 0.267. The molecule has 4 N–H and O–H groups in total. The fraction of sp³-hybridized carbons (Fsp3) is 1.00. The SMILES string of the molecule is CCCCCCCCCCCCCCCC([SiH2]OC(C)(OCCO)OCCO)C(CC(C)C)C(C)(C)N.Cl. The highest BCUT2D eigenvalue weighted by atomic mass is 35.5. The number of aliphatic hydroxyl groups is 2. The molecule has 0 heterocycles. The third-order valence-corrected chi connectivity index (χ3v) is 9.50. The van der Waals surface area contributed by atoms with Crippen LogP contribution in [0.3, 0.4) is 0 Å². The molecule has 0 aliphatic rings. The van der Waals surface area contributed by atoms with Gasteiger partial charge in [0.15, 0.2) is 9.76 Å². The lowest BCUT2D eigenvalue weighted by Gasteiger charge is -2.40. The van der Waals surface area contributed by atoms with E-state index in [0.29, 0.717) is 17.4 Å². The predicted octanol–water partition coefficient (Wildman–Crippen LogP) is 6.87. The van der Waals surface area contributed by atoms with Gasteiger partial charge in [-0.3, -0.25) is 0 Å². The molecule has 0 aliphatic carbocycles. The lowest BCUT2D eigenvalue weighted by molar-refractivity contribution is -0.337. The molecule has 0 rings (SSSR count). The first kappa shape index (κ1) is 40.4. The van der Waals surface area contributed by atoms with Crippen molar-refractivity contribution >= 4 is 22.2 Å². The molecule has 0 saturated carbocycles. The van der Waals surface area contributed by atoms with E-state index in [-0.39, 0.29) is 44.4 Å². The highest BCUT2D eigenvalue weighted by Crippen LogP contribution is 2.37. The Morgan fingerprint density at radius 1 is 0.737 bits per heavy atom. The van der Waals surface area contributed by atoms with Crippen LogP contribution in [0.25, 0.3) is 0 Å². The second-order valence-electron chi connectivity index (χ2n) is 12.2.